The van der Waals surface area contributed by atoms with Gasteiger partial charge in [0.15, 0.2) is 0 Å². The highest BCUT2D eigenvalue weighted by molar-refractivity contribution is 4.99. The topological polar surface area (TPSA) is 46.2 Å². The summed E-state index contributed by atoms with van der Waals surface area (Å²) in [5, 5.41) is 9.23. The molecule has 2 rings (SSSR count). The van der Waals surface area contributed by atoms with E-state index in [0.29, 0.717) is 0 Å². The Balaban J connectivity index is 1.76. The van der Waals surface area contributed by atoms with Gasteiger partial charge in [0, 0.05) is 5.54 Å². The lowest BCUT2D eigenvalue weighted by molar-refractivity contribution is 0.00781. The normalized spacial score (nSPS) is 41.5. The highest BCUT2D eigenvalue weighted by Crippen LogP contribution is 2.39. The number of aliphatic hydroxyl groups excluding tert-OH is 1. The fraction of sp³-hybridized carbons (Fsp3) is 1.00. The first kappa shape index (κ1) is 9.47. The van der Waals surface area contributed by atoms with Crippen LogP contribution in [0, 0.1) is 5.92 Å². The van der Waals surface area contributed by atoms with Crippen molar-refractivity contribution in [3.05, 3.63) is 0 Å². The van der Waals surface area contributed by atoms with Crippen LogP contribution in [0.25, 0.3) is 0 Å². The summed E-state index contributed by atoms with van der Waals surface area (Å²) in [7, 11) is 0. The number of rotatable bonds is 2. The van der Waals surface area contributed by atoms with Gasteiger partial charge in [-0.15, -0.1) is 0 Å². The molecule has 0 radical (unpaired) electrons. The van der Waals surface area contributed by atoms with Crippen LogP contribution in [0.5, 0.6) is 0 Å². The van der Waals surface area contributed by atoms with E-state index in [0.717, 1.165) is 25.2 Å². The van der Waals surface area contributed by atoms with E-state index in [1.807, 2.05) is 0 Å². The van der Waals surface area contributed by atoms with Crippen molar-refractivity contribution in [1.29, 1.82) is 0 Å². The SMILES string of the molecule is NC1(CC2CCCCC2)CC(O)C1. The number of nitrogens with two attached hydrogens (primary N) is 1. The number of hydrogen-bond acceptors (Lipinski definition) is 2. The van der Waals surface area contributed by atoms with Gasteiger partial charge >= 0.3 is 0 Å². The Morgan fingerprint density at radius 2 is 1.77 bits per heavy atom. The van der Waals surface area contributed by atoms with Crippen molar-refractivity contribution in [1.82, 2.24) is 0 Å². The van der Waals surface area contributed by atoms with Gasteiger partial charge in [0.25, 0.3) is 0 Å². The second-order valence-electron chi connectivity index (χ2n) is 5.13. The molecule has 0 bridgehead atoms. The smallest absolute Gasteiger partial charge is 0.0575 e. The summed E-state index contributed by atoms with van der Waals surface area (Å²) < 4.78 is 0. The number of hydrogen-bond donors (Lipinski definition) is 2. The third-order valence-corrected chi connectivity index (χ3v) is 3.70. The Hall–Kier alpha value is -0.0800. The molecular weight excluding hydrogens is 162 g/mol. The summed E-state index contributed by atoms with van der Waals surface area (Å²) in [6.45, 7) is 0. The lowest BCUT2D eigenvalue weighted by Crippen LogP contribution is -2.55. The van der Waals surface area contributed by atoms with Crippen LogP contribution in [0.15, 0.2) is 0 Å². The fourth-order valence-electron chi connectivity index (χ4n) is 3.01. The van der Waals surface area contributed by atoms with Crippen LogP contribution in [0.3, 0.4) is 0 Å². The first-order chi connectivity index (χ1) is 6.18. The maximum absolute atomic E-state index is 9.23. The molecule has 3 N–H and O–H groups in total. The van der Waals surface area contributed by atoms with E-state index < -0.39 is 0 Å². The van der Waals surface area contributed by atoms with Crippen LogP contribution in [-0.2, 0) is 0 Å². The summed E-state index contributed by atoms with van der Waals surface area (Å²) in [6.07, 6.45) is 9.67. The molecule has 0 heterocycles. The van der Waals surface area contributed by atoms with E-state index in [2.05, 4.69) is 0 Å². The molecule has 0 unspecified atom stereocenters. The molecule has 0 saturated heterocycles. The minimum absolute atomic E-state index is 0.00141. The molecule has 76 valence electrons. The van der Waals surface area contributed by atoms with Gasteiger partial charge in [0.1, 0.15) is 0 Å². The maximum atomic E-state index is 9.23. The average Bonchev–Trinajstić information content (AvgIpc) is 2.03. The highest BCUT2D eigenvalue weighted by Gasteiger charge is 2.41. The van der Waals surface area contributed by atoms with Crippen LogP contribution in [0.2, 0.25) is 0 Å². The molecule has 0 spiro atoms. The molecular formula is C11H21NO. The molecule has 0 aromatic carbocycles. The molecule has 0 aromatic heterocycles. The summed E-state index contributed by atoms with van der Waals surface area (Å²) in [5.41, 5.74) is 6.17. The second-order valence-corrected chi connectivity index (χ2v) is 5.13. The van der Waals surface area contributed by atoms with Gasteiger partial charge in [0.2, 0.25) is 0 Å². The first-order valence-corrected chi connectivity index (χ1v) is 5.65. The van der Waals surface area contributed by atoms with Crippen molar-refractivity contribution in [3.8, 4) is 0 Å². The first-order valence-electron chi connectivity index (χ1n) is 5.65. The van der Waals surface area contributed by atoms with Gasteiger partial charge in [-0.05, 0) is 25.2 Å². The molecule has 2 aliphatic rings. The van der Waals surface area contributed by atoms with Crippen molar-refractivity contribution in [2.24, 2.45) is 11.7 Å². The Labute approximate surface area is 80.5 Å². The Morgan fingerprint density at radius 1 is 1.15 bits per heavy atom. The van der Waals surface area contributed by atoms with Crippen molar-refractivity contribution in [2.75, 3.05) is 0 Å². The summed E-state index contributed by atoms with van der Waals surface area (Å²) >= 11 is 0. The molecule has 2 aliphatic carbocycles. The van der Waals surface area contributed by atoms with Crippen LogP contribution in [0.4, 0.5) is 0 Å². The van der Waals surface area contributed by atoms with E-state index in [-0.39, 0.29) is 11.6 Å². The van der Waals surface area contributed by atoms with Gasteiger partial charge in [0.05, 0.1) is 6.10 Å². The molecule has 2 saturated carbocycles. The van der Waals surface area contributed by atoms with Crippen LogP contribution in [-0.4, -0.2) is 16.7 Å². The van der Waals surface area contributed by atoms with Gasteiger partial charge in [-0.1, -0.05) is 32.1 Å². The molecule has 0 amide bonds. The largest absolute Gasteiger partial charge is 0.393 e. The zero-order valence-corrected chi connectivity index (χ0v) is 8.34. The third kappa shape index (κ3) is 2.23. The van der Waals surface area contributed by atoms with Crippen molar-refractivity contribution >= 4 is 0 Å². The summed E-state index contributed by atoms with van der Waals surface area (Å²) in [5.74, 6) is 0.853. The molecule has 2 fully saturated rings. The van der Waals surface area contributed by atoms with E-state index in [1.54, 1.807) is 0 Å². The summed E-state index contributed by atoms with van der Waals surface area (Å²) in [6, 6.07) is 0. The van der Waals surface area contributed by atoms with E-state index in [9.17, 15) is 5.11 Å². The molecule has 2 heteroatoms. The molecule has 0 aliphatic heterocycles. The van der Waals surface area contributed by atoms with E-state index in [4.69, 9.17) is 5.73 Å². The van der Waals surface area contributed by atoms with Gasteiger partial charge in [-0.3, -0.25) is 0 Å². The molecule has 0 atom stereocenters. The molecule has 0 aromatic rings. The lowest BCUT2D eigenvalue weighted by Gasteiger charge is -2.45. The predicted molar refractivity (Wildman–Crippen MR) is 53.4 cm³/mol. The van der Waals surface area contributed by atoms with E-state index >= 15 is 0 Å². The third-order valence-electron chi connectivity index (χ3n) is 3.70. The van der Waals surface area contributed by atoms with E-state index in [1.165, 1.54) is 32.1 Å². The van der Waals surface area contributed by atoms with Crippen molar-refractivity contribution in [3.63, 3.8) is 0 Å². The minimum Gasteiger partial charge on any atom is -0.393 e. The minimum atomic E-state index is -0.103. The standard InChI is InChI=1S/C11H21NO/c12-11(7-10(13)8-11)6-9-4-2-1-3-5-9/h9-10,13H,1-8,12H2. The van der Waals surface area contributed by atoms with Gasteiger partial charge in [-0.25, -0.2) is 0 Å². The highest BCUT2D eigenvalue weighted by atomic mass is 16.3. The lowest BCUT2D eigenvalue weighted by atomic mass is 9.68. The molecule has 2 nitrogen and oxygen atoms in total. The second kappa shape index (κ2) is 3.58. The monoisotopic (exact) mass is 183 g/mol. The zero-order chi connectivity index (χ0) is 9.31. The Kier molecular flexibility index (Phi) is 2.61. The van der Waals surface area contributed by atoms with Crippen molar-refractivity contribution < 1.29 is 5.11 Å². The number of aliphatic hydroxyl groups is 1. The van der Waals surface area contributed by atoms with Gasteiger partial charge < -0.3 is 10.8 Å². The fourth-order valence-corrected chi connectivity index (χ4v) is 3.01. The van der Waals surface area contributed by atoms with Crippen molar-refractivity contribution in [2.45, 2.75) is 63.0 Å². The zero-order valence-electron chi connectivity index (χ0n) is 8.34. The molecule has 13 heavy (non-hydrogen) atoms. The predicted octanol–water partition coefficient (Wildman–Crippen LogP) is 1.81. The van der Waals surface area contributed by atoms with Crippen LogP contribution >= 0.6 is 0 Å². The van der Waals surface area contributed by atoms with Crippen LogP contribution in [0.1, 0.15) is 51.4 Å². The quantitative estimate of drug-likeness (QED) is 0.686. The van der Waals surface area contributed by atoms with Gasteiger partial charge in [-0.2, -0.15) is 0 Å². The average molecular weight is 183 g/mol. The van der Waals surface area contributed by atoms with Crippen LogP contribution < -0.4 is 5.73 Å². The Morgan fingerprint density at radius 3 is 2.31 bits per heavy atom. The summed E-state index contributed by atoms with van der Waals surface area (Å²) in [4.78, 5) is 0. The Bertz CT molecular complexity index is 169. The maximum Gasteiger partial charge on any atom is 0.0575 e.